The Balaban J connectivity index is 1.96. The Bertz CT molecular complexity index is 477. The van der Waals surface area contributed by atoms with Crippen molar-refractivity contribution in [3.63, 3.8) is 0 Å². The molecule has 0 unspecified atom stereocenters. The van der Waals surface area contributed by atoms with E-state index in [1.54, 1.807) is 6.26 Å². The summed E-state index contributed by atoms with van der Waals surface area (Å²) in [6, 6.07) is 2.23. The molecule has 2 aromatic heterocycles. The van der Waals surface area contributed by atoms with Gasteiger partial charge in [0, 0.05) is 11.4 Å². The molecular weight excluding hydrogens is 220 g/mol. The second kappa shape index (κ2) is 4.03. The first-order valence-corrected chi connectivity index (χ1v) is 6.45. The lowest BCUT2D eigenvalue weighted by Gasteiger charge is -2.08. The lowest BCUT2D eigenvalue weighted by molar-refractivity contribution is 0.574. The Labute approximate surface area is 98.3 Å². The molecule has 84 valence electrons. The number of nitrogens with two attached hydrogens (primary N) is 1. The molecule has 2 heterocycles. The van der Waals surface area contributed by atoms with Crippen molar-refractivity contribution >= 4 is 11.3 Å². The van der Waals surface area contributed by atoms with Gasteiger partial charge in [0.2, 0.25) is 5.89 Å². The van der Waals surface area contributed by atoms with Crippen LogP contribution in [0.3, 0.4) is 0 Å². The Morgan fingerprint density at radius 1 is 1.38 bits per heavy atom. The molecule has 2 N–H and O–H groups in total. The molecule has 1 aliphatic rings. The van der Waals surface area contributed by atoms with Gasteiger partial charge in [-0.1, -0.05) is 0 Å². The van der Waals surface area contributed by atoms with E-state index in [0.29, 0.717) is 6.54 Å². The zero-order valence-corrected chi connectivity index (χ0v) is 9.85. The first-order valence-electron chi connectivity index (χ1n) is 5.63. The normalized spacial score (nSPS) is 15.1. The highest BCUT2D eigenvalue weighted by molar-refractivity contribution is 7.15. The van der Waals surface area contributed by atoms with Crippen molar-refractivity contribution in [3.8, 4) is 10.8 Å². The molecule has 0 aliphatic heterocycles. The quantitative estimate of drug-likeness (QED) is 0.869. The van der Waals surface area contributed by atoms with Gasteiger partial charge in [0.05, 0.1) is 10.6 Å². The molecule has 4 heteroatoms. The molecule has 3 nitrogen and oxygen atoms in total. The van der Waals surface area contributed by atoms with Crippen molar-refractivity contribution in [1.82, 2.24) is 4.98 Å². The number of rotatable bonds is 2. The van der Waals surface area contributed by atoms with Crippen molar-refractivity contribution < 1.29 is 4.42 Å². The van der Waals surface area contributed by atoms with Crippen molar-refractivity contribution in [2.45, 2.75) is 32.2 Å². The minimum atomic E-state index is 0.439. The minimum absolute atomic E-state index is 0.439. The van der Waals surface area contributed by atoms with Crippen LogP contribution in [0.1, 0.15) is 29.0 Å². The van der Waals surface area contributed by atoms with E-state index in [4.69, 9.17) is 10.2 Å². The maximum atomic E-state index is 5.52. The van der Waals surface area contributed by atoms with Gasteiger partial charge in [0.25, 0.3) is 0 Å². The average molecular weight is 234 g/mol. The third kappa shape index (κ3) is 1.68. The molecule has 0 bridgehead atoms. The molecule has 16 heavy (non-hydrogen) atoms. The van der Waals surface area contributed by atoms with E-state index in [-0.39, 0.29) is 0 Å². The number of hydrogen-bond acceptors (Lipinski definition) is 4. The fourth-order valence-electron chi connectivity index (χ4n) is 2.11. The average Bonchev–Trinajstić information content (AvgIpc) is 2.95. The molecule has 0 atom stereocenters. The van der Waals surface area contributed by atoms with Gasteiger partial charge >= 0.3 is 0 Å². The molecule has 0 fully saturated rings. The molecule has 2 aromatic rings. The van der Waals surface area contributed by atoms with E-state index in [1.165, 1.54) is 36.1 Å². The molecule has 0 amide bonds. The zero-order valence-electron chi connectivity index (χ0n) is 9.03. The van der Waals surface area contributed by atoms with Gasteiger partial charge in [-0.3, -0.25) is 0 Å². The molecule has 0 aromatic carbocycles. The van der Waals surface area contributed by atoms with Crippen LogP contribution < -0.4 is 5.73 Å². The van der Waals surface area contributed by atoms with Crippen LogP contribution in [-0.2, 0) is 19.4 Å². The van der Waals surface area contributed by atoms with Crippen molar-refractivity contribution in [3.05, 3.63) is 28.5 Å². The molecule has 0 saturated heterocycles. The highest BCUT2D eigenvalue weighted by Gasteiger charge is 2.16. The summed E-state index contributed by atoms with van der Waals surface area (Å²) in [7, 11) is 0. The lowest BCUT2D eigenvalue weighted by atomic mass is 9.99. The maximum Gasteiger partial charge on any atom is 0.236 e. The predicted octanol–water partition coefficient (Wildman–Crippen LogP) is 2.74. The van der Waals surface area contributed by atoms with Gasteiger partial charge in [-0.25, -0.2) is 4.98 Å². The second-order valence-electron chi connectivity index (χ2n) is 4.11. The Hall–Kier alpha value is -1.13. The van der Waals surface area contributed by atoms with Gasteiger partial charge in [-0.2, -0.15) is 0 Å². The Morgan fingerprint density at radius 3 is 3.00 bits per heavy atom. The number of thiophene rings is 1. The molecule has 0 spiro atoms. The summed E-state index contributed by atoms with van der Waals surface area (Å²) in [4.78, 5) is 7.01. The summed E-state index contributed by atoms with van der Waals surface area (Å²) in [6.45, 7) is 0.439. The summed E-state index contributed by atoms with van der Waals surface area (Å²) >= 11 is 1.82. The number of fused-ring (bicyclic) bond motifs is 1. The summed E-state index contributed by atoms with van der Waals surface area (Å²) < 4.78 is 5.44. The largest absolute Gasteiger partial charge is 0.444 e. The Kier molecular flexibility index (Phi) is 2.53. The van der Waals surface area contributed by atoms with Gasteiger partial charge in [-0.15, -0.1) is 11.3 Å². The number of hydrogen-bond donors (Lipinski definition) is 1. The molecular formula is C12H14N2OS. The van der Waals surface area contributed by atoms with Crippen LogP contribution >= 0.6 is 11.3 Å². The lowest BCUT2D eigenvalue weighted by Crippen LogP contribution is -1.96. The Morgan fingerprint density at radius 2 is 2.25 bits per heavy atom. The zero-order chi connectivity index (χ0) is 11.0. The van der Waals surface area contributed by atoms with Crippen LogP contribution in [-0.4, -0.2) is 4.98 Å². The van der Waals surface area contributed by atoms with Crippen molar-refractivity contribution in [2.75, 3.05) is 0 Å². The molecule has 3 rings (SSSR count). The number of aryl methyl sites for hydroxylation is 2. The smallest absolute Gasteiger partial charge is 0.236 e. The summed E-state index contributed by atoms with van der Waals surface area (Å²) in [5.41, 5.74) is 7.83. The second-order valence-corrected chi connectivity index (χ2v) is 5.25. The first kappa shape index (κ1) is 10.1. The van der Waals surface area contributed by atoms with Gasteiger partial charge < -0.3 is 10.2 Å². The summed E-state index contributed by atoms with van der Waals surface area (Å²) in [5, 5.41) is 0. The predicted molar refractivity (Wildman–Crippen MR) is 64.3 cm³/mol. The number of aromatic nitrogens is 1. The van der Waals surface area contributed by atoms with E-state index in [0.717, 1.165) is 16.5 Å². The van der Waals surface area contributed by atoms with Crippen molar-refractivity contribution in [2.24, 2.45) is 5.73 Å². The van der Waals surface area contributed by atoms with Crippen LogP contribution in [0.2, 0.25) is 0 Å². The maximum absolute atomic E-state index is 5.52. The topological polar surface area (TPSA) is 52.0 Å². The fraction of sp³-hybridized carbons (Fsp3) is 0.417. The monoisotopic (exact) mass is 234 g/mol. The van der Waals surface area contributed by atoms with Gasteiger partial charge in [-0.05, 0) is 37.3 Å². The van der Waals surface area contributed by atoms with Crippen LogP contribution in [0, 0.1) is 0 Å². The van der Waals surface area contributed by atoms with Gasteiger partial charge in [0.1, 0.15) is 6.26 Å². The fourth-order valence-corrected chi connectivity index (χ4v) is 3.30. The standard InChI is InChI=1S/C12H14N2OS/c13-6-9-7-15-12(14-9)11-5-8-3-1-2-4-10(8)16-11/h5,7H,1-4,6,13H2. The van der Waals surface area contributed by atoms with Crippen LogP contribution in [0.5, 0.6) is 0 Å². The highest BCUT2D eigenvalue weighted by atomic mass is 32.1. The molecule has 0 radical (unpaired) electrons. The number of nitrogens with zero attached hydrogens (tertiary/aromatic N) is 1. The third-order valence-corrected chi connectivity index (χ3v) is 4.19. The van der Waals surface area contributed by atoms with Crippen molar-refractivity contribution in [1.29, 1.82) is 0 Å². The van der Waals surface area contributed by atoms with E-state index < -0.39 is 0 Å². The van der Waals surface area contributed by atoms with Crippen LogP contribution in [0.4, 0.5) is 0 Å². The third-order valence-electron chi connectivity index (χ3n) is 2.97. The molecule has 0 saturated carbocycles. The highest BCUT2D eigenvalue weighted by Crippen LogP contribution is 2.35. The van der Waals surface area contributed by atoms with E-state index >= 15 is 0 Å². The van der Waals surface area contributed by atoms with Crippen LogP contribution in [0.25, 0.3) is 10.8 Å². The molecule has 1 aliphatic carbocycles. The minimum Gasteiger partial charge on any atom is -0.444 e. The summed E-state index contributed by atoms with van der Waals surface area (Å²) in [5.74, 6) is 0.722. The summed E-state index contributed by atoms with van der Waals surface area (Å²) in [6.07, 6.45) is 6.68. The SMILES string of the molecule is NCc1coc(-c2cc3c(s2)CCCC3)n1. The van der Waals surface area contributed by atoms with E-state index in [1.807, 2.05) is 11.3 Å². The van der Waals surface area contributed by atoms with E-state index in [9.17, 15) is 0 Å². The van der Waals surface area contributed by atoms with E-state index in [2.05, 4.69) is 11.1 Å². The van der Waals surface area contributed by atoms with Crippen LogP contribution in [0.15, 0.2) is 16.7 Å². The van der Waals surface area contributed by atoms with Gasteiger partial charge in [0.15, 0.2) is 0 Å². The first-order chi connectivity index (χ1) is 7.86. The number of oxazole rings is 1.